The molecule has 0 saturated heterocycles. The van der Waals surface area contributed by atoms with E-state index >= 15 is 0 Å². The predicted molar refractivity (Wildman–Crippen MR) is 164 cm³/mol. The molecule has 0 saturated carbocycles. The molecule has 0 bridgehead atoms. The maximum atomic E-state index is 13.4. The lowest BCUT2D eigenvalue weighted by atomic mass is 9.85. The Balaban J connectivity index is 0.00000441. The Hall–Kier alpha value is -3.97. The van der Waals surface area contributed by atoms with Gasteiger partial charge in [-0.3, -0.25) is 10.2 Å². The number of nitrogens with one attached hydrogen (secondary N) is 2. The third kappa shape index (κ3) is 7.16. The van der Waals surface area contributed by atoms with Gasteiger partial charge in [-0.1, -0.05) is 42.5 Å². The van der Waals surface area contributed by atoms with Crippen LogP contribution in [0.5, 0.6) is 11.5 Å². The number of anilines is 1. The van der Waals surface area contributed by atoms with Crippen LogP contribution in [-0.4, -0.2) is 34.0 Å². The number of ether oxygens (including phenoxy) is 1. The largest absolute Gasteiger partial charge is 0.507 e. The number of phenols is 1. The first kappa shape index (κ1) is 30.6. The van der Waals surface area contributed by atoms with E-state index in [1.807, 2.05) is 80.3 Å². The van der Waals surface area contributed by atoms with Crippen molar-refractivity contribution in [3.8, 4) is 11.5 Å². The minimum atomic E-state index is -0.425. The molecule has 1 aliphatic rings. The fraction of sp³-hybridized carbons (Fsp3) is 0.312. The molecule has 0 aliphatic carbocycles. The van der Waals surface area contributed by atoms with Crippen LogP contribution in [0.25, 0.3) is 6.08 Å². The highest BCUT2D eigenvalue weighted by molar-refractivity contribution is 5.92. The van der Waals surface area contributed by atoms with Crippen molar-refractivity contribution >= 4 is 36.0 Å². The SMILES string of the molecule is Cc1c(C)c2c(c(C)c1O)CCC(C)(CCN(Cc1ccccc1)C(=O)/C=C/c1ccc(NC(=N)N)cc1)O2.Cl. The molecule has 40 heavy (non-hydrogen) atoms. The van der Waals surface area contributed by atoms with Gasteiger partial charge in [0.1, 0.15) is 17.1 Å². The van der Waals surface area contributed by atoms with Gasteiger partial charge in [0.15, 0.2) is 5.96 Å². The Labute approximate surface area is 243 Å². The number of hydrogen-bond acceptors (Lipinski definition) is 4. The highest BCUT2D eigenvalue weighted by Crippen LogP contribution is 2.44. The van der Waals surface area contributed by atoms with Crippen molar-refractivity contribution in [3.05, 3.63) is 94.1 Å². The monoisotopic (exact) mass is 562 g/mol. The fourth-order valence-corrected chi connectivity index (χ4v) is 5.02. The lowest BCUT2D eigenvalue weighted by Gasteiger charge is -2.39. The summed E-state index contributed by atoms with van der Waals surface area (Å²) in [6.07, 6.45) is 5.73. The first-order valence-corrected chi connectivity index (χ1v) is 13.3. The van der Waals surface area contributed by atoms with E-state index in [0.29, 0.717) is 25.3 Å². The smallest absolute Gasteiger partial charge is 0.246 e. The van der Waals surface area contributed by atoms with Crippen LogP contribution in [-0.2, 0) is 17.8 Å². The molecule has 1 amide bonds. The van der Waals surface area contributed by atoms with E-state index in [9.17, 15) is 9.90 Å². The Morgan fingerprint density at radius 1 is 1.10 bits per heavy atom. The number of amides is 1. The summed E-state index contributed by atoms with van der Waals surface area (Å²) in [5.41, 5.74) is 11.4. The average Bonchev–Trinajstić information content (AvgIpc) is 2.92. The normalized spacial score (nSPS) is 16.0. The quantitative estimate of drug-likeness (QED) is 0.147. The van der Waals surface area contributed by atoms with Crippen LogP contribution in [0, 0.1) is 26.2 Å². The second-order valence-electron chi connectivity index (χ2n) is 10.6. The number of nitrogens with zero attached hydrogens (tertiary/aromatic N) is 1. The molecule has 5 N–H and O–H groups in total. The van der Waals surface area contributed by atoms with Crippen LogP contribution in [0.15, 0.2) is 60.7 Å². The predicted octanol–water partition coefficient (Wildman–Crippen LogP) is 6.26. The van der Waals surface area contributed by atoms with Crippen LogP contribution >= 0.6 is 12.4 Å². The standard InChI is InChI=1S/C32H38N4O3.ClH/c1-21-22(2)30-27(23(3)29(21)38)16-17-32(4,39-30)18-19-36(20-25-8-6-5-7-9-25)28(37)15-12-24-10-13-26(14-11-24)35-31(33)34;/h5-15,38H,16-20H2,1-4H3,(H4,33,34,35);1H/b15-12+;. The molecule has 8 heteroatoms. The molecule has 1 unspecified atom stereocenters. The molecule has 0 fully saturated rings. The molecular formula is C32H39ClN4O3. The van der Waals surface area contributed by atoms with Gasteiger partial charge in [0.05, 0.1) is 0 Å². The highest BCUT2D eigenvalue weighted by atomic mass is 35.5. The third-order valence-corrected chi connectivity index (χ3v) is 7.64. The summed E-state index contributed by atoms with van der Waals surface area (Å²) in [7, 11) is 0. The van der Waals surface area contributed by atoms with Crippen molar-refractivity contribution in [2.24, 2.45) is 5.73 Å². The molecule has 3 aromatic carbocycles. The first-order chi connectivity index (χ1) is 18.6. The van der Waals surface area contributed by atoms with Gasteiger partial charge in [-0.15, -0.1) is 12.4 Å². The van der Waals surface area contributed by atoms with Gasteiger partial charge in [-0.05, 0) is 86.6 Å². The van der Waals surface area contributed by atoms with Gasteiger partial charge in [0.25, 0.3) is 0 Å². The number of benzene rings is 3. The molecule has 0 spiro atoms. The molecule has 0 radical (unpaired) electrons. The number of phenolic OH excluding ortho intramolecular Hbond substituents is 1. The van der Waals surface area contributed by atoms with Crippen LogP contribution < -0.4 is 15.8 Å². The zero-order valence-electron chi connectivity index (χ0n) is 23.6. The van der Waals surface area contributed by atoms with E-state index < -0.39 is 5.60 Å². The van der Waals surface area contributed by atoms with Gasteiger partial charge in [-0.25, -0.2) is 0 Å². The number of rotatable bonds is 8. The van der Waals surface area contributed by atoms with Crippen molar-refractivity contribution < 1.29 is 14.6 Å². The first-order valence-electron chi connectivity index (χ1n) is 13.3. The van der Waals surface area contributed by atoms with Crippen molar-refractivity contribution in [3.63, 3.8) is 0 Å². The van der Waals surface area contributed by atoms with Crippen molar-refractivity contribution in [2.75, 3.05) is 11.9 Å². The summed E-state index contributed by atoms with van der Waals surface area (Å²) in [4.78, 5) is 15.3. The summed E-state index contributed by atoms with van der Waals surface area (Å²) < 4.78 is 6.62. The lowest BCUT2D eigenvalue weighted by Crippen LogP contribution is -2.41. The molecule has 4 rings (SSSR count). The molecule has 212 valence electrons. The van der Waals surface area contributed by atoms with E-state index in [2.05, 4.69) is 12.2 Å². The van der Waals surface area contributed by atoms with E-state index in [0.717, 1.165) is 57.7 Å². The summed E-state index contributed by atoms with van der Waals surface area (Å²) >= 11 is 0. The Bertz CT molecular complexity index is 1390. The molecule has 0 aromatic heterocycles. The molecule has 1 heterocycles. The van der Waals surface area contributed by atoms with Crippen LogP contribution in [0.3, 0.4) is 0 Å². The lowest BCUT2D eigenvalue weighted by molar-refractivity contribution is -0.127. The minimum Gasteiger partial charge on any atom is -0.507 e. The Kier molecular flexibility index (Phi) is 9.88. The zero-order valence-corrected chi connectivity index (χ0v) is 24.4. The Morgan fingerprint density at radius 2 is 1.77 bits per heavy atom. The van der Waals surface area contributed by atoms with Crippen LogP contribution in [0.1, 0.15) is 53.1 Å². The fourth-order valence-electron chi connectivity index (χ4n) is 5.02. The molecule has 3 aromatic rings. The van der Waals surface area contributed by atoms with Gasteiger partial charge in [0.2, 0.25) is 5.91 Å². The van der Waals surface area contributed by atoms with E-state index in [1.54, 1.807) is 12.2 Å². The number of carbonyl (C=O) groups is 1. The van der Waals surface area contributed by atoms with E-state index in [-0.39, 0.29) is 24.3 Å². The maximum absolute atomic E-state index is 13.4. The Morgan fingerprint density at radius 3 is 2.42 bits per heavy atom. The average molecular weight is 563 g/mol. The van der Waals surface area contributed by atoms with Crippen LogP contribution in [0.2, 0.25) is 0 Å². The van der Waals surface area contributed by atoms with Crippen molar-refractivity contribution in [2.45, 2.75) is 59.1 Å². The zero-order chi connectivity index (χ0) is 28.2. The number of fused-ring (bicyclic) bond motifs is 1. The topological polar surface area (TPSA) is 112 Å². The second kappa shape index (κ2) is 12.9. The summed E-state index contributed by atoms with van der Waals surface area (Å²) in [5.74, 6) is 1.04. The number of aromatic hydroxyl groups is 1. The third-order valence-electron chi connectivity index (χ3n) is 7.64. The van der Waals surface area contributed by atoms with Gasteiger partial charge < -0.3 is 25.8 Å². The molecule has 1 aliphatic heterocycles. The van der Waals surface area contributed by atoms with E-state index in [1.165, 1.54) is 0 Å². The molecule has 1 atom stereocenters. The van der Waals surface area contributed by atoms with Gasteiger partial charge in [0, 0.05) is 36.8 Å². The molecule has 7 nitrogen and oxygen atoms in total. The molecular weight excluding hydrogens is 524 g/mol. The highest BCUT2D eigenvalue weighted by Gasteiger charge is 2.35. The number of hydrogen-bond donors (Lipinski definition) is 4. The summed E-state index contributed by atoms with van der Waals surface area (Å²) in [5, 5.41) is 20.6. The number of nitrogens with two attached hydrogens (primary N) is 1. The van der Waals surface area contributed by atoms with Crippen LogP contribution in [0.4, 0.5) is 5.69 Å². The minimum absolute atomic E-state index is 0. The number of carbonyl (C=O) groups excluding carboxylic acids is 1. The van der Waals surface area contributed by atoms with Crippen molar-refractivity contribution in [1.29, 1.82) is 5.41 Å². The van der Waals surface area contributed by atoms with Crippen molar-refractivity contribution in [1.82, 2.24) is 4.90 Å². The van der Waals surface area contributed by atoms with Gasteiger partial charge in [-0.2, -0.15) is 0 Å². The summed E-state index contributed by atoms with van der Waals surface area (Å²) in [6.45, 7) is 9.03. The number of halogens is 1. The number of guanidine groups is 1. The summed E-state index contributed by atoms with van der Waals surface area (Å²) in [6, 6.07) is 17.4. The second-order valence-corrected chi connectivity index (χ2v) is 10.6. The van der Waals surface area contributed by atoms with E-state index in [4.69, 9.17) is 15.9 Å². The van der Waals surface area contributed by atoms with Gasteiger partial charge >= 0.3 is 0 Å². The maximum Gasteiger partial charge on any atom is 0.246 e.